The van der Waals surface area contributed by atoms with Crippen LogP contribution < -0.4 is 14.4 Å². The van der Waals surface area contributed by atoms with Gasteiger partial charge in [0, 0.05) is 0 Å². The summed E-state index contributed by atoms with van der Waals surface area (Å²) in [5, 5.41) is 0. The second-order valence-electron chi connectivity index (χ2n) is 8.84. The van der Waals surface area contributed by atoms with Gasteiger partial charge in [-0.2, -0.15) is 0 Å². The predicted molar refractivity (Wildman–Crippen MR) is 130 cm³/mol. The number of methoxy groups -OCH3 is 1. The molecule has 6 heteroatoms. The Hall–Kier alpha value is -3.93. The zero-order valence-electron chi connectivity index (χ0n) is 19.9. The molecule has 3 aromatic rings. The third kappa shape index (κ3) is 3.96. The molecule has 1 aliphatic rings. The highest BCUT2D eigenvalue weighted by atomic mass is 16.6. The summed E-state index contributed by atoms with van der Waals surface area (Å²) < 4.78 is 10.7. The first-order valence-corrected chi connectivity index (χ1v) is 11.2. The standard InChI is InChI=1S/C28H27NO5/c1-16(2)19-9-8-10-20(17(3)4)25(19)29-26(30)21-14-13-18(15-22(21)27(29)31)28(32)34-24-12-7-6-11-23(24)33-5/h6-17H,1-5H3. The van der Waals surface area contributed by atoms with E-state index in [9.17, 15) is 14.4 Å². The maximum atomic E-state index is 13.5. The number of hydrogen-bond donors (Lipinski definition) is 0. The molecule has 0 aromatic heterocycles. The first-order chi connectivity index (χ1) is 16.2. The van der Waals surface area contributed by atoms with Crippen LogP contribution in [0, 0.1) is 0 Å². The Morgan fingerprint density at radius 1 is 0.765 bits per heavy atom. The van der Waals surface area contributed by atoms with Crippen molar-refractivity contribution in [2.75, 3.05) is 12.0 Å². The number of hydrogen-bond acceptors (Lipinski definition) is 5. The monoisotopic (exact) mass is 457 g/mol. The van der Waals surface area contributed by atoms with Crippen molar-refractivity contribution in [2.45, 2.75) is 39.5 Å². The molecule has 0 atom stereocenters. The molecule has 0 saturated heterocycles. The Morgan fingerprint density at radius 3 is 1.94 bits per heavy atom. The molecule has 0 fully saturated rings. The smallest absolute Gasteiger partial charge is 0.343 e. The van der Waals surface area contributed by atoms with Crippen LogP contribution in [-0.2, 0) is 0 Å². The molecule has 1 aliphatic heterocycles. The van der Waals surface area contributed by atoms with Gasteiger partial charge in [0.05, 0.1) is 29.5 Å². The van der Waals surface area contributed by atoms with E-state index in [1.807, 2.05) is 45.9 Å². The quantitative estimate of drug-likeness (QED) is 0.259. The Bertz CT molecular complexity index is 1270. The van der Waals surface area contributed by atoms with Crippen molar-refractivity contribution >= 4 is 23.5 Å². The van der Waals surface area contributed by atoms with Crippen LogP contribution in [0.15, 0.2) is 60.7 Å². The molecule has 3 aromatic carbocycles. The molecule has 0 unspecified atom stereocenters. The lowest BCUT2D eigenvalue weighted by Gasteiger charge is -2.25. The summed E-state index contributed by atoms with van der Waals surface area (Å²) in [6.45, 7) is 8.14. The molecule has 174 valence electrons. The fourth-order valence-corrected chi connectivity index (χ4v) is 4.20. The van der Waals surface area contributed by atoms with Crippen LogP contribution in [0.1, 0.15) is 81.7 Å². The van der Waals surface area contributed by atoms with Gasteiger partial charge >= 0.3 is 5.97 Å². The minimum Gasteiger partial charge on any atom is -0.493 e. The molecule has 0 spiro atoms. The lowest BCUT2D eigenvalue weighted by molar-refractivity contribution is 0.0729. The van der Waals surface area contributed by atoms with Gasteiger partial charge in [-0.3, -0.25) is 9.59 Å². The van der Waals surface area contributed by atoms with Gasteiger partial charge in [-0.15, -0.1) is 0 Å². The molecular formula is C28H27NO5. The van der Waals surface area contributed by atoms with Crippen molar-refractivity contribution in [1.82, 2.24) is 0 Å². The molecule has 0 aliphatic carbocycles. The number of fused-ring (bicyclic) bond motifs is 1. The van der Waals surface area contributed by atoms with Gasteiger partial charge in [0.2, 0.25) is 0 Å². The van der Waals surface area contributed by atoms with Crippen LogP contribution in [0.4, 0.5) is 5.69 Å². The minimum atomic E-state index is -0.642. The Kier molecular flexibility index (Phi) is 6.24. The number of benzene rings is 3. The lowest BCUT2D eigenvalue weighted by atomic mass is 9.92. The Balaban J connectivity index is 1.73. The molecule has 0 saturated carbocycles. The molecule has 0 N–H and O–H groups in total. The van der Waals surface area contributed by atoms with Crippen LogP contribution in [-0.4, -0.2) is 24.9 Å². The number of nitrogens with zero attached hydrogens (tertiary/aromatic N) is 1. The SMILES string of the molecule is COc1ccccc1OC(=O)c1ccc2c(c1)C(=O)N(c1c(C(C)C)cccc1C(C)C)C2=O. The highest BCUT2D eigenvalue weighted by Crippen LogP contribution is 2.39. The topological polar surface area (TPSA) is 72.9 Å². The van der Waals surface area contributed by atoms with E-state index >= 15 is 0 Å². The van der Waals surface area contributed by atoms with Crippen molar-refractivity contribution in [2.24, 2.45) is 0 Å². The second-order valence-corrected chi connectivity index (χ2v) is 8.84. The van der Waals surface area contributed by atoms with Crippen molar-refractivity contribution in [3.8, 4) is 11.5 Å². The van der Waals surface area contributed by atoms with Crippen LogP contribution in [0.2, 0.25) is 0 Å². The highest BCUT2D eigenvalue weighted by Gasteiger charge is 2.39. The first kappa shape index (κ1) is 23.2. The fourth-order valence-electron chi connectivity index (χ4n) is 4.20. The van der Waals surface area contributed by atoms with E-state index in [1.54, 1.807) is 24.3 Å². The second kappa shape index (κ2) is 9.14. The average Bonchev–Trinajstić information content (AvgIpc) is 3.07. The summed E-state index contributed by atoms with van der Waals surface area (Å²) in [5.74, 6) is -0.556. The van der Waals surface area contributed by atoms with E-state index in [2.05, 4.69) is 0 Å². The number of carbonyl (C=O) groups is 3. The average molecular weight is 458 g/mol. The molecule has 4 rings (SSSR count). The zero-order chi connectivity index (χ0) is 24.6. The van der Waals surface area contributed by atoms with Crippen molar-refractivity contribution in [3.05, 3.63) is 88.5 Å². The van der Waals surface area contributed by atoms with E-state index < -0.39 is 11.9 Å². The minimum absolute atomic E-state index is 0.115. The fraction of sp³-hybridized carbons (Fsp3) is 0.250. The summed E-state index contributed by atoms with van der Waals surface area (Å²) in [4.78, 5) is 41.0. The molecular weight excluding hydrogens is 430 g/mol. The molecule has 0 radical (unpaired) electrons. The molecule has 34 heavy (non-hydrogen) atoms. The maximum absolute atomic E-state index is 13.5. The van der Waals surface area contributed by atoms with E-state index in [0.717, 1.165) is 11.1 Å². The molecule has 6 nitrogen and oxygen atoms in total. The third-order valence-corrected chi connectivity index (χ3v) is 5.96. The Morgan fingerprint density at radius 2 is 1.35 bits per heavy atom. The van der Waals surface area contributed by atoms with Gasteiger partial charge in [0.15, 0.2) is 11.5 Å². The van der Waals surface area contributed by atoms with Gasteiger partial charge in [-0.1, -0.05) is 58.0 Å². The first-order valence-electron chi connectivity index (χ1n) is 11.2. The van der Waals surface area contributed by atoms with Crippen LogP contribution in [0.25, 0.3) is 0 Å². The summed E-state index contributed by atoms with van der Waals surface area (Å²) in [6.07, 6.45) is 0. The predicted octanol–water partition coefficient (Wildman–Crippen LogP) is 5.96. The Labute approximate surface area is 199 Å². The van der Waals surface area contributed by atoms with E-state index in [-0.39, 0.29) is 40.2 Å². The number of para-hydroxylation sites is 3. The molecule has 1 heterocycles. The zero-order valence-corrected chi connectivity index (χ0v) is 19.9. The number of esters is 1. The number of rotatable bonds is 6. The van der Waals surface area contributed by atoms with E-state index in [0.29, 0.717) is 11.4 Å². The number of ether oxygens (including phenoxy) is 2. The number of anilines is 1. The van der Waals surface area contributed by atoms with Crippen molar-refractivity contribution in [3.63, 3.8) is 0 Å². The number of imide groups is 1. The summed E-state index contributed by atoms with van der Waals surface area (Å²) in [7, 11) is 1.49. The highest BCUT2D eigenvalue weighted by molar-refractivity contribution is 6.35. The maximum Gasteiger partial charge on any atom is 0.343 e. The van der Waals surface area contributed by atoms with E-state index in [1.165, 1.54) is 30.2 Å². The van der Waals surface area contributed by atoms with Crippen LogP contribution in [0.5, 0.6) is 11.5 Å². The van der Waals surface area contributed by atoms with Gasteiger partial charge < -0.3 is 9.47 Å². The van der Waals surface area contributed by atoms with Crippen molar-refractivity contribution in [1.29, 1.82) is 0 Å². The third-order valence-electron chi connectivity index (χ3n) is 5.96. The van der Waals surface area contributed by atoms with Crippen LogP contribution in [0.3, 0.4) is 0 Å². The van der Waals surface area contributed by atoms with E-state index in [4.69, 9.17) is 9.47 Å². The summed E-state index contributed by atoms with van der Waals surface area (Å²) in [6, 6.07) is 17.1. The molecule has 2 amide bonds. The van der Waals surface area contributed by atoms with Gasteiger partial charge in [0.25, 0.3) is 11.8 Å². The summed E-state index contributed by atoms with van der Waals surface area (Å²) >= 11 is 0. The largest absolute Gasteiger partial charge is 0.493 e. The molecule has 0 bridgehead atoms. The van der Waals surface area contributed by atoms with Gasteiger partial charge in [-0.25, -0.2) is 9.69 Å². The number of carbonyl (C=O) groups excluding carboxylic acids is 3. The van der Waals surface area contributed by atoms with Gasteiger partial charge in [-0.05, 0) is 53.3 Å². The van der Waals surface area contributed by atoms with Crippen molar-refractivity contribution < 1.29 is 23.9 Å². The number of amides is 2. The van der Waals surface area contributed by atoms with Gasteiger partial charge in [0.1, 0.15) is 0 Å². The lowest BCUT2D eigenvalue weighted by Crippen LogP contribution is -2.31. The normalized spacial score (nSPS) is 13.0. The van der Waals surface area contributed by atoms with Crippen LogP contribution >= 0.6 is 0 Å². The summed E-state index contributed by atoms with van der Waals surface area (Å²) in [5.41, 5.74) is 3.12.